The number of ketones is 1. The highest BCUT2D eigenvalue weighted by Crippen LogP contribution is 2.26. The molecular formula is C18H14O4S. The van der Waals surface area contributed by atoms with Crippen LogP contribution in [0, 0.1) is 0 Å². The van der Waals surface area contributed by atoms with Crippen molar-refractivity contribution in [1.29, 1.82) is 0 Å². The fourth-order valence-corrected chi connectivity index (χ4v) is 3.55. The summed E-state index contributed by atoms with van der Waals surface area (Å²) in [6.07, 6.45) is 0.465. The highest BCUT2D eigenvalue weighted by atomic mass is 32.1. The summed E-state index contributed by atoms with van der Waals surface area (Å²) in [6.45, 7) is 0. The van der Waals surface area contributed by atoms with Crippen LogP contribution < -0.4 is 5.43 Å². The van der Waals surface area contributed by atoms with Gasteiger partial charge in [0.25, 0.3) is 0 Å². The summed E-state index contributed by atoms with van der Waals surface area (Å²) < 4.78 is 0.771. The Morgan fingerprint density at radius 1 is 1.00 bits per heavy atom. The molecule has 116 valence electrons. The van der Waals surface area contributed by atoms with Gasteiger partial charge in [-0.1, -0.05) is 30.3 Å². The minimum Gasteiger partial charge on any atom is -0.481 e. The average Bonchev–Trinajstić information content (AvgIpc) is 2.91. The number of carboxylic acids is 1. The lowest BCUT2D eigenvalue weighted by atomic mass is 10.1. The van der Waals surface area contributed by atoms with Gasteiger partial charge in [0, 0.05) is 28.3 Å². The zero-order valence-electron chi connectivity index (χ0n) is 12.2. The minimum atomic E-state index is -0.908. The molecule has 0 bridgehead atoms. The number of Topliss-reactive ketones (excluding diaryl/α,β-unsaturated/α-hetero) is 1. The third-order valence-corrected chi connectivity index (χ3v) is 4.84. The van der Waals surface area contributed by atoms with Gasteiger partial charge in [0.15, 0.2) is 11.2 Å². The molecule has 0 fully saturated rings. The summed E-state index contributed by atoms with van der Waals surface area (Å²) in [5, 5.41) is 10.7. The van der Waals surface area contributed by atoms with Crippen LogP contribution in [-0.4, -0.2) is 16.9 Å². The lowest BCUT2D eigenvalue weighted by Crippen LogP contribution is -2.00. The van der Waals surface area contributed by atoms with Crippen molar-refractivity contribution in [2.24, 2.45) is 0 Å². The molecule has 0 spiro atoms. The highest BCUT2D eigenvalue weighted by Gasteiger charge is 2.13. The Bertz CT molecular complexity index is 972. The number of hydrogen-bond donors (Lipinski definition) is 1. The summed E-state index contributed by atoms with van der Waals surface area (Å²) in [4.78, 5) is 35.8. The third-order valence-electron chi connectivity index (χ3n) is 3.69. The number of carboxylic acid groups (broad SMARTS) is 1. The number of benzene rings is 1. The molecule has 0 unspecified atom stereocenters. The van der Waals surface area contributed by atoms with E-state index in [1.165, 1.54) is 11.3 Å². The van der Waals surface area contributed by atoms with Crippen LogP contribution in [0.3, 0.4) is 0 Å². The number of thiophene rings is 1. The van der Waals surface area contributed by atoms with E-state index in [0.717, 1.165) is 10.1 Å². The largest absolute Gasteiger partial charge is 0.481 e. The molecule has 5 heteroatoms. The fourth-order valence-electron chi connectivity index (χ4n) is 2.53. The van der Waals surface area contributed by atoms with E-state index in [1.54, 1.807) is 12.1 Å². The third kappa shape index (κ3) is 3.14. The Labute approximate surface area is 136 Å². The van der Waals surface area contributed by atoms with Gasteiger partial charge < -0.3 is 5.11 Å². The first kappa shape index (κ1) is 15.4. The van der Waals surface area contributed by atoms with Gasteiger partial charge in [0.1, 0.15) is 0 Å². The van der Waals surface area contributed by atoms with Gasteiger partial charge in [0.05, 0.1) is 4.88 Å². The predicted octanol–water partition coefficient (Wildman–Crippen LogP) is 3.85. The van der Waals surface area contributed by atoms with Gasteiger partial charge in [-0.15, -0.1) is 11.3 Å². The molecule has 4 nitrogen and oxygen atoms in total. The van der Waals surface area contributed by atoms with E-state index in [4.69, 9.17) is 5.11 Å². The van der Waals surface area contributed by atoms with Crippen LogP contribution in [-0.2, 0) is 4.79 Å². The normalized spacial score (nSPS) is 11.0. The molecule has 0 aliphatic carbocycles. The minimum absolute atomic E-state index is 0.0248. The van der Waals surface area contributed by atoms with E-state index in [2.05, 4.69) is 0 Å². The van der Waals surface area contributed by atoms with Crippen LogP contribution in [0.4, 0.5) is 0 Å². The van der Waals surface area contributed by atoms with E-state index in [0.29, 0.717) is 22.1 Å². The Kier molecular flexibility index (Phi) is 4.21. The van der Waals surface area contributed by atoms with Crippen molar-refractivity contribution in [2.45, 2.75) is 19.3 Å². The number of carbonyl (C=O) groups excluding carboxylic acids is 1. The Morgan fingerprint density at radius 3 is 2.57 bits per heavy atom. The first-order valence-corrected chi connectivity index (χ1v) is 8.08. The molecule has 23 heavy (non-hydrogen) atoms. The molecule has 2 aromatic carbocycles. The monoisotopic (exact) mass is 326 g/mol. The molecule has 1 heterocycles. The maximum atomic E-state index is 12.6. The van der Waals surface area contributed by atoms with Crippen molar-refractivity contribution in [3.63, 3.8) is 0 Å². The Hall–Kier alpha value is -2.53. The first-order valence-electron chi connectivity index (χ1n) is 7.27. The highest BCUT2D eigenvalue weighted by molar-refractivity contribution is 7.20. The summed E-state index contributed by atoms with van der Waals surface area (Å²) in [5.41, 5.74) is -0.0820. The SMILES string of the molecule is O=C(O)CCCC(=O)c1cc2c(=O)c3ccccc3ccc2s1. The summed E-state index contributed by atoms with van der Waals surface area (Å²) >= 11 is 1.29. The van der Waals surface area contributed by atoms with Crippen LogP contribution in [0.15, 0.2) is 47.3 Å². The molecule has 1 aromatic heterocycles. The molecule has 0 aliphatic rings. The Morgan fingerprint density at radius 2 is 1.78 bits per heavy atom. The molecule has 0 aliphatic heterocycles. The number of rotatable bonds is 5. The standard InChI is InChI=1S/C18H14O4S/c19-14(6-3-7-17(20)21)16-10-13-15(23-16)9-8-11-4-1-2-5-12(11)18(13)22/h1-2,4-5,8-10H,3,6-7H2,(H,20,21). The molecule has 0 saturated heterocycles. The van der Waals surface area contributed by atoms with E-state index in [9.17, 15) is 14.4 Å². The molecule has 0 radical (unpaired) electrons. The van der Waals surface area contributed by atoms with Gasteiger partial charge in [-0.05, 0) is 23.9 Å². The van der Waals surface area contributed by atoms with E-state index < -0.39 is 5.97 Å². The smallest absolute Gasteiger partial charge is 0.303 e. The zero-order chi connectivity index (χ0) is 16.4. The van der Waals surface area contributed by atoms with Crippen molar-refractivity contribution >= 4 is 43.9 Å². The topological polar surface area (TPSA) is 71.4 Å². The molecule has 0 amide bonds. The lowest BCUT2D eigenvalue weighted by molar-refractivity contribution is -0.137. The van der Waals surface area contributed by atoms with Crippen LogP contribution >= 0.6 is 11.3 Å². The molecule has 1 N–H and O–H groups in total. The fraction of sp³-hybridized carbons (Fsp3) is 0.167. The van der Waals surface area contributed by atoms with Gasteiger partial charge in [-0.2, -0.15) is 0 Å². The van der Waals surface area contributed by atoms with Gasteiger partial charge in [-0.25, -0.2) is 0 Å². The number of hydrogen-bond acceptors (Lipinski definition) is 4. The molecular weight excluding hydrogens is 312 g/mol. The van der Waals surface area contributed by atoms with E-state index in [1.807, 2.05) is 30.3 Å². The Balaban J connectivity index is 2.01. The van der Waals surface area contributed by atoms with E-state index >= 15 is 0 Å². The van der Waals surface area contributed by atoms with Crippen LogP contribution in [0.5, 0.6) is 0 Å². The number of fused-ring (bicyclic) bond motifs is 2. The summed E-state index contributed by atoms with van der Waals surface area (Å²) in [5.74, 6) is -1.02. The molecule has 0 saturated carbocycles. The van der Waals surface area contributed by atoms with Crippen molar-refractivity contribution in [3.05, 3.63) is 57.6 Å². The second-order valence-corrected chi connectivity index (χ2v) is 6.39. The maximum absolute atomic E-state index is 12.6. The first-order chi connectivity index (χ1) is 11.1. The van der Waals surface area contributed by atoms with Gasteiger partial charge in [-0.3, -0.25) is 14.4 Å². The summed E-state index contributed by atoms with van der Waals surface area (Å²) in [7, 11) is 0. The van der Waals surface area contributed by atoms with Crippen LogP contribution in [0.1, 0.15) is 28.9 Å². The summed E-state index contributed by atoms with van der Waals surface area (Å²) in [6, 6.07) is 12.7. The van der Waals surface area contributed by atoms with Crippen LogP contribution in [0.25, 0.3) is 20.9 Å². The van der Waals surface area contributed by atoms with Crippen LogP contribution in [0.2, 0.25) is 0 Å². The maximum Gasteiger partial charge on any atom is 0.303 e. The van der Waals surface area contributed by atoms with Crippen molar-refractivity contribution in [2.75, 3.05) is 0 Å². The molecule has 0 atom stereocenters. The quantitative estimate of drug-likeness (QED) is 0.723. The number of carbonyl (C=O) groups is 2. The van der Waals surface area contributed by atoms with Crippen molar-refractivity contribution in [3.8, 4) is 0 Å². The van der Waals surface area contributed by atoms with E-state index in [-0.39, 0.29) is 24.1 Å². The molecule has 3 rings (SSSR count). The van der Waals surface area contributed by atoms with Gasteiger partial charge >= 0.3 is 5.97 Å². The van der Waals surface area contributed by atoms with Gasteiger partial charge in [0.2, 0.25) is 0 Å². The lowest BCUT2D eigenvalue weighted by Gasteiger charge is -1.95. The second-order valence-electron chi connectivity index (χ2n) is 5.31. The number of aliphatic carboxylic acids is 1. The molecule has 3 aromatic rings. The second kappa shape index (κ2) is 6.30. The predicted molar refractivity (Wildman–Crippen MR) is 91.4 cm³/mol. The average molecular weight is 326 g/mol. The van der Waals surface area contributed by atoms with Crippen molar-refractivity contribution in [1.82, 2.24) is 0 Å². The zero-order valence-corrected chi connectivity index (χ0v) is 13.1. The van der Waals surface area contributed by atoms with Crippen molar-refractivity contribution < 1.29 is 14.7 Å².